The maximum atomic E-state index is 14.4. The minimum Gasteiger partial charge on any atom is -0.750 e. The molecule has 26 heavy (non-hydrogen) atoms. The second kappa shape index (κ2) is 9.03. The van der Waals surface area contributed by atoms with Gasteiger partial charge in [-0.1, -0.05) is 0 Å². The van der Waals surface area contributed by atoms with Crippen molar-refractivity contribution in [3.8, 4) is 0 Å². The van der Waals surface area contributed by atoms with Gasteiger partial charge in [0.25, 0.3) is 0 Å². The smallest absolute Gasteiger partial charge is 0.216 e. The molecule has 11 heteroatoms. The average Bonchev–Trinajstić information content (AvgIpc) is 3.01. The Hall–Kier alpha value is -2.08. The lowest BCUT2D eigenvalue weighted by Crippen LogP contribution is -2.33. The van der Waals surface area contributed by atoms with Crippen molar-refractivity contribution in [3.05, 3.63) is 24.0 Å². The summed E-state index contributed by atoms with van der Waals surface area (Å²) in [5, 5.41) is 2.61. The van der Waals surface area contributed by atoms with Crippen molar-refractivity contribution in [1.82, 2.24) is 5.32 Å². The van der Waals surface area contributed by atoms with E-state index in [1.54, 1.807) is 11.0 Å². The molecule has 1 fully saturated rings. The van der Waals surface area contributed by atoms with Crippen LogP contribution in [0.15, 0.2) is 18.2 Å². The lowest BCUT2D eigenvalue weighted by Gasteiger charge is -2.24. The molecule has 0 aliphatic carbocycles. The van der Waals surface area contributed by atoms with Gasteiger partial charge in [0.15, 0.2) is 12.5 Å². The number of anilines is 2. The number of benzene rings is 1. The number of amides is 1. The quantitative estimate of drug-likeness (QED) is 0.373. The van der Waals surface area contributed by atoms with Gasteiger partial charge in [0, 0.05) is 32.7 Å². The van der Waals surface area contributed by atoms with Gasteiger partial charge in [-0.05, 0) is 18.2 Å². The van der Waals surface area contributed by atoms with Gasteiger partial charge in [0.1, 0.15) is 12.5 Å². The Morgan fingerprint density at radius 2 is 2.35 bits per heavy atom. The van der Waals surface area contributed by atoms with Crippen LogP contribution in [-0.2, 0) is 29.9 Å². The number of carbonyl (C=O) groups is 2. The Morgan fingerprint density at radius 3 is 2.92 bits per heavy atom. The maximum Gasteiger partial charge on any atom is 0.216 e. The predicted molar refractivity (Wildman–Crippen MR) is 90.4 cm³/mol. The molecular formula is C15H19FN3O6S-. The zero-order valence-electron chi connectivity index (χ0n) is 14.2. The summed E-state index contributed by atoms with van der Waals surface area (Å²) in [6, 6.07) is 4.26. The van der Waals surface area contributed by atoms with Crippen molar-refractivity contribution in [2.24, 2.45) is 0 Å². The van der Waals surface area contributed by atoms with Crippen LogP contribution in [0, 0.1) is 5.82 Å². The molecule has 0 saturated carbocycles. The highest BCUT2D eigenvalue weighted by Crippen LogP contribution is 2.28. The summed E-state index contributed by atoms with van der Waals surface area (Å²) in [6.07, 6.45) is -0.689. The van der Waals surface area contributed by atoms with Crippen LogP contribution in [0.3, 0.4) is 0 Å². The fourth-order valence-electron chi connectivity index (χ4n) is 2.54. The van der Waals surface area contributed by atoms with Crippen LogP contribution in [-0.4, -0.2) is 60.2 Å². The molecule has 1 aromatic carbocycles. The molecule has 1 N–H and O–H groups in total. The van der Waals surface area contributed by atoms with Gasteiger partial charge in [-0.2, -0.15) is 0 Å². The van der Waals surface area contributed by atoms with Crippen LogP contribution in [0.5, 0.6) is 0 Å². The topological polar surface area (TPSA) is 111 Å². The van der Waals surface area contributed by atoms with Gasteiger partial charge < -0.3 is 24.4 Å². The lowest BCUT2D eigenvalue weighted by atomic mass is 10.2. The highest BCUT2D eigenvalue weighted by Gasteiger charge is 2.33. The van der Waals surface area contributed by atoms with Gasteiger partial charge >= 0.3 is 0 Å². The van der Waals surface area contributed by atoms with Gasteiger partial charge in [-0.25, -0.2) is 8.60 Å². The van der Waals surface area contributed by atoms with E-state index in [1.165, 1.54) is 31.0 Å². The number of ether oxygens (including phenoxy) is 1. The first-order valence-electron chi connectivity index (χ1n) is 7.67. The van der Waals surface area contributed by atoms with E-state index in [4.69, 9.17) is 4.74 Å². The summed E-state index contributed by atoms with van der Waals surface area (Å²) in [5.74, 6) is -0.824. The zero-order valence-corrected chi connectivity index (χ0v) is 15.0. The number of hydrogen-bond donors (Lipinski definition) is 1. The summed E-state index contributed by atoms with van der Waals surface area (Å²) < 4.78 is 45.2. The minimum atomic E-state index is -2.70. The van der Waals surface area contributed by atoms with Gasteiger partial charge in [0.05, 0.1) is 23.2 Å². The Balaban J connectivity index is 2.10. The molecule has 1 aromatic rings. The molecule has 1 heterocycles. The Bertz CT molecular complexity index is 691. The number of hydrogen-bond acceptors (Lipinski definition) is 8. The number of halogens is 1. The third-order valence-electron chi connectivity index (χ3n) is 3.75. The third kappa shape index (κ3) is 5.21. The minimum absolute atomic E-state index is 0.136. The fourth-order valence-corrected chi connectivity index (χ4v) is 2.78. The summed E-state index contributed by atoms with van der Waals surface area (Å²) >= 11 is -2.70. The van der Waals surface area contributed by atoms with Crippen LogP contribution in [0.25, 0.3) is 0 Å². The fraction of sp³-hybridized carbons (Fsp3) is 0.467. The molecule has 9 nitrogen and oxygen atoms in total. The van der Waals surface area contributed by atoms with E-state index < -0.39 is 29.5 Å². The van der Waals surface area contributed by atoms with E-state index in [2.05, 4.69) is 9.50 Å². The molecular weight excluding hydrogens is 369 g/mol. The largest absolute Gasteiger partial charge is 0.750 e. The maximum absolute atomic E-state index is 14.4. The van der Waals surface area contributed by atoms with Gasteiger partial charge in [-0.15, -0.1) is 0 Å². The Kier molecular flexibility index (Phi) is 7.03. The first-order valence-corrected chi connectivity index (χ1v) is 8.67. The van der Waals surface area contributed by atoms with Crippen molar-refractivity contribution in [2.75, 3.05) is 36.7 Å². The first-order chi connectivity index (χ1) is 12.3. The second-order valence-corrected chi connectivity index (χ2v) is 6.30. The summed E-state index contributed by atoms with van der Waals surface area (Å²) in [7, 11) is 1.47. The number of nitrogens with one attached hydrogen (secondary N) is 1. The van der Waals surface area contributed by atoms with Crippen LogP contribution in [0.2, 0.25) is 0 Å². The molecule has 0 bridgehead atoms. The highest BCUT2D eigenvalue weighted by molar-refractivity contribution is 7.74. The van der Waals surface area contributed by atoms with Crippen molar-refractivity contribution in [3.63, 3.8) is 0 Å². The molecule has 0 aromatic heterocycles. The Labute approximate surface area is 152 Å². The molecule has 0 radical (unpaired) electrons. The van der Waals surface area contributed by atoms with Crippen molar-refractivity contribution in [2.45, 2.75) is 19.3 Å². The number of nitrogens with zero attached hydrogens (tertiary/aromatic N) is 2. The molecule has 1 aliphatic rings. The average molecular weight is 388 g/mol. The number of aldehydes is 1. The van der Waals surface area contributed by atoms with E-state index >= 15 is 0 Å². The van der Waals surface area contributed by atoms with Crippen molar-refractivity contribution < 1.29 is 31.7 Å². The molecule has 0 spiro atoms. The molecule has 1 aliphatic heterocycles. The van der Waals surface area contributed by atoms with E-state index in [-0.39, 0.29) is 24.9 Å². The molecule has 1 saturated heterocycles. The van der Waals surface area contributed by atoms with Crippen molar-refractivity contribution >= 4 is 34.9 Å². The molecule has 2 rings (SSSR count). The Morgan fingerprint density at radius 1 is 1.62 bits per heavy atom. The number of rotatable bonds is 8. The lowest BCUT2D eigenvalue weighted by molar-refractivity contribution is -0.120. The molecule has 144 valence electrons. The SMILES string of the molecule is CC(=O)NC[C@H]1CN(c2ccc(N(C)COS(=O)[O-])c(F)c2)C(C=O)O1. The normalized spacial score (nSPS) is 20.7. The van der Waals surface area contributed by atoms with Crippen LogP contribution < -0.4 is 15.1 Å². The standard InChI is InChI=1S/C15H20FN3O6S/c1-10(21)17-6-12-7-19(15(8-20)25-12)11-3-4-14(13(16)5-11)18(2)9-24-26(22)23/h3-5,8,12,15H,6-7,9H2,1-2H3,(H,17,21)(H,22,23)/p-1/t12-,15?/m0/s1. The molecule has 1 amide bonds. The van der Waals surface area contributed by atoms with E-state index in [1.807, 2.05) is 0 Å². The number of carbonyl (C=O) groups excluding carboxylic acids is 2. The van der Waals surface area contributed by atoms with Gasteiger partial charge in [0.2, 0.25) is 5.91 Å². The van der Waals surface area contributed by atoms with E-state index in [0.717, 1.165) is 0 Å². The van der Waals surface area contributed by atoms with Gasteiger partial charge in [-0.3, -0.25) is 13.8 Å². The van der Waals surface area contributed by atoms with Crippen LogP contribution in [0.4, 0.5) is 15.8 Å². The zero-order chi connectivity index (χ0) is 19.3. The highest BCUT2D eigenvalue weighted by atomic mass is 32.2. The summed E-state index contributed by atoms with van der Waals surface area (Å²) in [6.45, 7) is 1.58. The predicted octanol–water partition coefficient (Wildman–Crippen LogP) is -0.104. The molecule has 2 unspecified atom stereocenters. The monoisotopic (exact) mass is 388 g/mol. The van der Waals surface area contributed by atoms with E-state index in [0.29, 0.717) is 18.5 Å². The first kappa shape index (κ1) is 20.2. The van der Waals surface area contributed by atoms with Crippen LogP contribution in [0.1, 0.15) is 6.92 Å². The summed E-state index contributed by atoms with van der Waals surface area (Å²) in [5.41, 5.74) is 0.562. The summed E-state index contributed by atoms with van der Waals surface area (Å²) in [4.78, 5) is 25.1. The van der Waals surface area contributed by atoms with E-state index in [9.17, 15) is 22.7 Å². The van der Waals surface area contributed by atoms with Crippen LogP contribution >= 0.6 is 0 Å². The molecule has 3 atom stereocenters. The third-order valence-corrected chi connectivity index (χ3v) is 4.05. The van der Waals surface area contributed by atoms with Crippen molar-refractivity contribution in [1.29, 1.82) is 0 Å². The second-order valence-electron chi connectivity index (χ2n) is 5.66.